The normalized spacial score (nSPS) is 16.9. The second kappa shape index (κ2) is 5.87. The minimum atomic E-state index is -4.06. The highest BCUT2D eigenvalue weighted by atomic mass is 19.4. The minimum Gasteiger partial charge on any atom is -0.329 e. The molecule has 5 heteroatoms. The van der Waals surface area contributed by atoms with Crippen LogP contribution in [0.5, 0.6) is 0 Å². The number of nitrogens with zero attached hydrogens (tertiary/aromatic N) is 1. The van der Waals surface area contributed by atoms with Crippen LogP contribution in [0.2, 0.25) is 0 Å². The van der Waals surface area contributed by atoms with Crippen molar-refractivity contribution in [1.29, 1.82) is 0 Å². The summed E-state index contributed by atoms with van der Waals surface area (Å²) < 4.78 is 36.1. The molecule has 0 heterocycles. The number of hydrogen-bond acceptors (Lipinski definition) is 2. The van der Waals surface area contributed by atoms with Gasteiger partial charge in [0, 0.05) is 24.5 Å². The van der Waals surface area contributed by atoms with Gasteiger partial charge in [-0.2, -0.15) is 13.2 Å². The van der Waals surface area contributed by atoms with E-state index in [-0.39, 0.29) is 18.0 Å². The Bertz CT molecular complexity index is 204. The third-order valence-electron chi connectivity index (χ3n) is 3.24. The molecule has 0 aromatic heterocycles. The van der Waals surface area contributed by atoms with Crippen LogP contribution in [-0.2, 0) is 0 Å². The molecular formula is C11H23F3N2. The fraction of sp³-hybridized carbons (Fsp3) is 1.00. The smallest absolute Gasteiger partial charge is 0.329 e. The molecule has 0 aliphatic heterocycles. The number of halogens is 3. The van der Waals surface area contributed by atoms with Crippen molar-refractivity contribution >= 4 is 0 Å². The minimum absolute atomic E-state index is 0.133. The summed E-state index contributed by atoms with van der Waals surface area (Å²) in [6.45, 7) is 6.32. The van der Waals surface area contributed by atoms with Gasteiger partial charge in [-0.25, -0.2) is 0 Å². The summed E-state index contributed by atoms with van der Waals surface area (Å²) >= 11 is 0. The molecule has 98 valence electrons. The van der Waals surface area contributed by atoms with Crippen LogP contribution in [0.4, 0.5) is 13.2 Å². The second-order valence-corrected chi connectivity index (χ2v) is 4.87. The summed E-state index contributed by atoms with van der Waals surface area (Å²) in [4.78, 5) is 2.05. The molecule has 0 aromatic rings. The van der Waals surface area contributed by atoms with Crippen LogP contribution < -0.4 is 5.73 Å². The summed E-state index contributed by atoms with van der Waals surface area (Å²) in [6.07, 6.45) is -4.19. The van der Waals surface area contributed by atoms with Gasteiger partial charge in [-0.3, -0.25) is 4.90 Å². The summed E-state index contributed by atoms with van der Waals surface area (Å²) in [7, 11) is 1.91. The zero-order valence-corrected chi connectivity index (χ0v) is 10.6. The highest BCUT2D eigenvalue weighted by Crippen LogP contribution is 2.27. The molecule has 0 aliphatic rings. The Morgan fingerprint density at radius 2 is 1.69 bits per heavy atom. The molecule has 0 aliphatic carbocycles. The van der Waals surface area contributed by atoms with Crippen LogP contribution in [0.3, 0.4) is 0 Å². The lowest BCUT2D eigenvalue weighted by Gasteiger charge is -2.41. The van der Waals surface area contributed by atoms with Crippen molar-refractivity contribution in [2.24, 2.45) is 5.73 Å². The number of nitrogens with two attached hydrogens (primary N) is 1. The van der Waals surface area contributed by atoms with Gasteiger partial charge in [0.1, 0.15) is 0 Å². The van der Waals surface area contributed by atoms with Gasteiger partial charge in [-0.15, -0.1) is 0 Å². The topological polar surface area (TPSA) is 29.3 Å². The largest absolute Gasteiger partial charge is 0.389 e. The molecule has 0 saturated heterocycles. The molecule has 0 fully saturated rings. The average Bonchev–Trinajstić information content (AvgIpc) is 2.14. The maximum Gasteiger partial charge on any atom is 0.389 e. The summed E-state index contributed by atoms with van der Waals surface area (Å²) in [6, 6.07) is 0.277. The third kappa shape index (κ3) is 5.16. The van der Waals surface area contributed by atoms with E-state index in [0.29, 0.717) is 13.0 Å². The van der Waals surface area contributed by atoms with Gasteiger partial charge in [0.2, 0.25) is 0 Å². The van der Waals surface area contributed by atoms with E-state index in [2.05, 4.69) is 0 Å². The molecule has 0 rings (SSSR count). The molecule has 2 nitrogen and oxygen atoms in total. The van der Waals surface area contributed by atoms with Crippen molar-refractivity contribution in [2.75, 3.05) is 13.6 Å². The number of hydrogen-bond donors (Lipinski definition) is 1. The van der Waals surface area contributed by atoms with E-state index in [1.54, 1.807) is 0 Å². The fourth-order valence-corrected chi connectivity index (χ4v) is 1.72. The first-order valence-corrected chi connectivity index (χ1v) is 5.62. The molecule has 1 unspecified atom stereocenters. The number of alkyl halides is 3. The molecule has 0 spiro atoms. The van der Waals surface area contributed by atoms with Crippen LogP contribution in [0.15, 0.2) is 0 Å². The zero-order chi connectivity index (χ0) is 13.0. The Morgan fingerprint density at radius 3 is 2.00 bits per heavy atom. The molecule has 0 saturated carbocycles. The van der Waals surface area contributed by atoms with Crippen molar-refractivity contribution < 1.29 is 13.2 Å². The predicted molar refractivity (Wildman–Crippen MR) is 60.3 cm³/mol. The first kappa shape index (κ1) is 15.7. The average molecular weight is 240 g/mol. The van der Waals surface area contributed by atoms with E-state index >= 15 is 0 Å². The highest BCUT2D eigenvalue weighted by molar-refractivity contribution is 4.87. The van der Waals surface area contributed by atoms with E-state index in [1.807, 2.05) is 32.7 Å². The number of rotatable bonds is 6. The van der Waals surface area contributed by atoms with Crippen LogP contribution in [0.1, 0.15) is 40.0 Å². The van der Waals surface area contributed by atoms with E-state index in [1.165, 1.54) is 0 Å². The third-order valence-corrected chi connectivity index (χ3v) is 3.24. The van der Waals surface area contributed by atoms with Crippen LogP contribution in [0.25, 0.3) is 0 Å². The molecule has 16 heavy (non-hydrogen) atoms. The Hall–Kier alpha value is -0.290. The van der Waals surface area contributed by atoms with Crippen LogP contribution in [0, 0.1) is 0 Å². The summed E-state index contributed by atoms with van der Waals surface area (Å²) in [5, 5.41) is 0. The van der Waals surface area contributed by atoms with Crippen molar-refractivity contribution in [1.82, 2.24) is 4.90 Å². The SMILES string of the molecule is CC(C)N(C)C(C)(CN)CCCC(F)(F)F. The Morgan fingerprint density at radius 1 is 1.19 bits per heavy atom. The van der Waals surface area contributed by atoms with Crippen molar-refractivity contribution in [3.63, 3.8) is 0 Å². The van der Waals surface area contributed by atoms with Crippen LogP contribution in [-0.4, -0.2) is 36.2 Å². The monoisotopic (exact) mass is 240 g/mol. The Labute approximate surface area is 96.0 Å². The van der Waals surface area contributed by atoms with Crippen molar-refractivity contribution in [3.8, 4) is 0 Å². The lowest BCUT2D eigenvalue weighted by atomic mass is 9.92. The highest BCUT2D eigenvalue weighted by Gasteiger charge is 2.32. The molecule has 0 amide bonds. The molecular weight excluding hydrogens is 217 g/mol. The van der Waals surface area contributed by atoms with E-state index < -0.39 is 12.6 Å². The Balaban J connectivity index is 4.28. The number of likely N-dealkylation sites (N-methyl/N-ethyl adjacent to an activating group) is 1. The van der Waals surface area contributed by atoms with Gasteiger partial charge >= 0.3 is 6.18 Å². The summed E-state index contributed by atoms with van der Waals surface area (Å²) in [5.74, 6) is 0. The molecule has 0 aromatic carbocycles. The van der Waals surface area contributed by atoms with Gasteiger partial charge in [-0.05, 0) is 40.7 Å². The van der Waals surface area contributed by atoms with Gasteiger partial charge < -0.3 is 5.73 Å². The molecule has 0 radical (unpaired) electrons. The van der Waals surface area contributed by atoms with Crippen LogP contribution >= 0.6 is 0 Å². The quantitative estimate of drug-likeness (QED) is 0.773. The van der Waals surface area contributed by atoms with Gasteiger partial charge in [0.05, 0.1) is 0 Å². The lowest BCUT2D eigenvalue weighted by Crippen LogP contribution is -2.52. The standard InChI is InChI=1S/C11H23F3N2/c1-9(2)16(4)10(3,8-15)6-5-7-11(12,13)14/h9H,5-8,15H2,1-4H3. The van der Waals surface area contributed by atoms with Gasteiger partial charge in [0.25, 0.3) is 0 Å². The summed E-state index contributed by atoms with van der Waals surface area (Å²) in [5.41, 5.74) is 5.32. The van der Waals surface area contributed by atoms with Gasteiger partial charge in [0.15, 0.2) is 0 Å². The molecule has 2 N–H and O–H groups in total. The first-order valence-electron chi connectivity index (χ1n) is 5.62. The van der Waals surface area contributed by atoms with E-state index in [0.717, 1.165) is 0 Å². The van der Waals surface area contributed by atoms with Gasteiger partial charge in [-0.1, -0.05) is 0 Å². The lowest BCUT2D eigenvalue weighted by molar-refractivity contribution is -0.136. The first-order chi connectivity index (χ1) is 7.12. The molecule has 1 atom stereocenters. The Kier molecular flexibility index (Phi) is 5.76. The van der Waals surface area contributed by atoms with Crippen molar-refractivity contribution in [2.45, 2.75) is 57.8 Å². The fourth-order valence-electron chi connectivity index (χ4n) is 1.72. The zero-order valence-electron chi connectivity index (χ0n) is 10.6. The maximum absolute atomic E-state index is 12.0. The predicted octanol–water partition coefficient (Wildman–Crippen LogP) is 2.78. The molecule has 0 bridgehead atoms. The maximum atomic E-state index is 12.0. The van der Waals surface area contributed by atoms with Crippen molar-refractivity contribution in [3.05, 3.63) is 0 Å². The second-order valence-electron chi connectivity index (χ2n) is 4.87. The van der Waals surface area contributed by atoms with E-state index in [9.17, 15) is 13.2 Å². The van der Waals surface area contributed by atoms with E-state index in [4.69, 9.17) is 5.73 Å².